The molecular weight excluding hydrogens is 451 g/mol. The zero-order chi connectivity index (χ0) is 22.9. The van der Waals surface area contributed by atoms with Gasteiger partial charge in [0.05, 0.1) is 40.7 Å². The molecule has 1 saturated heterocycles. The summed E-state index contributed by atoms with van der Waals surface area (Å²) in [7, 11) is 0. The van der Waals surface area contributed by atoms with Crippen molar-refractivity contribution in [1.82, 2.24) is 9.97 Å². The van der Waals surface area contributed by atoms with E-state index in [9.17, 15) is 4.79 Å². The van der Waals surface area contributed by atoms with Crippen molar-refractivity contribution >= 4 is 51.7 Å². The van der Waals surface area contributed by atoms with Crippen molar-refractivity contribution in [3.63, 3.8) is 0 Å². The molecule has 1 aliphatic heterocycles. The number of hydrogen-bond donors (Lipinski definition) is 2. The van der Waals surface area contributed by atoms with Gasteiger partial charge >= 0.3 is 5.97 Å². The van der Waals surface area contributed by atoms with E-state index in [2.05, 4.69) is 16.8 Å². The fourth-order valence-corrected chi connectivity index (χ4v) is 4.54. The number of nitrogens with two attached hydrogens (primary N) is 1. The van der Waals surface area contributed by atoms with Crippen LogP contribution in [0.15, 0.2) is 36.5 Å². The van der Waals surface area contributed by atoms with Gasteiger partial charge in [0.15, 0.2) is 0 Å². The molecule has 1 fully saturated rings. The molecule has 0 aliphatic carbocycles. The van der Waals surface area contributed by atoms with Gasteiger partial charge in [-0.2, -0.15) is 0 Å². The summed E-state index contributed by atoms with van der Waals surface area (Å²) in [5.74, 6) is 0.331. The van der Waals surface area contributed by atoms with Gasteiger partial charge in [-0.05, 0) is 49.6 Å². The van der Waals surface area contributed by atoms with E-state index < -0.39 is 5.97 Å². The molecule has 0 spiro atoms. The van der Waals surface area contributed by atoms with E-state index in [-0.39, 0.29) is 18.6 Å². The molecular formula is C23H24Cl2N4O3. The van der Waals surface area contributed by atoms with Crippen LogP contribution in [0.4, 0.5) is 11.6 Å². The molecule has 3 heterocycles. The topological polar surface area (TPSA) is 102 Å². The predicted octanol–water partition coefficient (Wildman–Crippen LogP) is 5.04. The molecule has 2 aromatic heterocycles. The molecule has 0 amide bonds. The van der Waals surface area contributed by atoms with Crippen molar-refractivity contribution < 1.29 is 14.6 Å². The number of fused-ring (bicyclic) bond motifs is 1. The lowest BCUT2D eigenvalue weighted by Crippen LogP contribution is -2.45. The second-order valence-electron chi connectivity index (χ2n) is 8.21. The molecule has 3 N–H and O–H groups in total. The van der Waals surface area contributed by atoms with E-state index in [4.69, 9.17) is 43.8 Å². The third-order valence-corrected chi connectivity index (χ3v) is 6.65. The Hall–Kier alpha value is -2.61. The summed E-state index contributed by atoms with van der Waals surface area (Å²) in [5, 5.41) is 10.6. The van der Waals surface area contributed by atoms with Crippen LogP contribution in [-0.2, 0) is 9.53 Å². The zero-order valence-electron chi connectivity index (χ0n) is 17.6. The number of aliphatic carboxylic acids is 1. The van der Waals surface area contributed by atoms with Gasteiger partial charge in [0.25, 0.3) is 0 Å². The van der Waals surface area contributed by atoms with Crippen LogP contribution in [0, 0.1) is 0 Å². The first-order valence-corrected chi connectivity index (χ1v) is 11.1. The normalized spacial score (nSPS) is 18.4. The number of carboxylic acid groups (broad SMARTS) is 1. The summed E-state index contributed by atoms with van der Waals surface area (Å²) in [6, 6.07) is 9.37. The Bertz CT molecular complexity index is 1160. The molecule has 1 atom stereocenters. The first-order valence-electron chi connectivity index (χ1n) is 10.4. The van der Waals surface area contributed by atoms with Crippen LogP contribution in [0.5, 0.6) is 0 Å². The van der Waals surface area contributed by atoms with Gasteiger partial charge in [-0.1, -0.05) is 29.3 Å². The molecule has 0 bridgehead atoms. The number of nitrogens with zero attached hydrogens (tertiary/aromatic N) is 3. The Morgan fingerprint density at radius 1 is 1.31 bits per heavy atom. The quantitative estimate of drug-likeness (QED) is 0.462. The number of hydrogen-bond acceptors (Lipinski definition) is 6. The average Bonchev–Trinajstić information content (AvgIpc) is 3.15. The number of carbonyl (C=O) groups is 1. The smallest absolute Gasteiger partial charge is 0.305 e. The fraction of sp³-hybridized carbons (Fsp3) is 0.348. The highest BCUT2D eigenvalue weighted by molar-refractivity contribution is 6.45. The first-order chi connectivity index (χ1) is 15.3. The van der Waals surface area contributed by atoms with Crippen molar-refractivity contribution in [3.8, 4) is 11.1 Å². The molecule has 4 rings (SSSR count). The second kappa shape index (κ2) is 9.10. The Balaban J connectivity index is 1.77. The summed E-state index contributed by atoms with van der Waals surface area (Å²) >= 11 is 12.9. The van der Waals surface area contributed by atoms with Crippen molar-refractivity contribution in [1.29, 1.82) is 0 Å². The minimum absolute atomic E-state index is 0.0211. The van der Waals surface area contributed by atoms with Crippen molar-refractivity contribution in [2.75, 3.05) is 30.4 Å². The van der Waals surface area contributed by atoms with Gasteiger partial charge in [0, 0.05) is 23.7 Å². The van der Waals surface area contributed by atoms with E-state index >= 15 is 0 Å². The van der Waals surface area contributed by atoms with Gasteiger partial charge in [-0.3, -0.25) is 4.79 Å². The highest BCUT2D eigenvalue weighted by Gasteiger charge is 2.38. The molecule has 0 saturated carbocycles. The van der Waals surface area contributed by atoms with E-state index in [1.807, 2.05) is 18.2 Å². The number of anilines is 2. The van der Waals surface area contributed by atoms with Gasteiger partial charge in [0.1, 0.15) is 11.6 Å². The Labute approximate surface area is 196 Å². The van der Waals surface area contributed by atoms with Crippen molar-refractivity contribution in [2.24, 2.45) is 0 Å². The summed E-state index contributed by atoms with van der Waals surface area (Å²) in [6.45, 7) is 3.49. The maximum absolute atomic E-state index is 10.8. The molecule has 1 aromatic carbocycles. The third-order valence-electron chi connectivity index (χ3n) is 5.85. The van der Waals surface area contributed by atoms with E-state index in [0.717, 1.165) is 41.7 Å². The number of rotatable bonds is 7. The number of pyridine rings is 2. The number of aromatic nitrogens is 2. The molecule has 7 nitrogen and oxygen atoms in total. The van der Waals surface area contributed by atoms with E-state index in [1.165, 1.54) is 0 Å². The standard InChI is InChI=1S/C23H24Cl2N4O3/c1-23(13-32-10-7-20(30)31)8-2-9-29(23)19-11-16(14-3-6-18(26)27-12-14)15-4-5-17(24)21(25)22(15)28-19/h3-6,11-12H,2,7-10,13H2,1H3,(H2,26,27)(H,30,31). The molecule has 9 heteroatoms. The lowest BCUT2D eigenvalue weighted by Gasteiger charge is -2.36. The van der Waals surface area contributed by atoms with Crippen molar-refractivity contribution in [2.45, 2.75) is 31.7 Å². The summed E-state index contributed by atoms with van der Waals surface area (Å²) in [6.07, 6.45) is 3.59. The molecule has 32 heavy (non-hydrogen) atoms. The summed E-state index contributed by atoms with van der Waals surface area (Å²) in [5.41, 5.74) is 7.90. The first kappa shape index (κ1) is 22.6. The lowest BCUT2D eigenvalue weighted by molar-refractivity contribution is -0.138. The molecule has 168 valence electrons. The van der Waals surface area contributed by atoms with Gasteiger partial charge in [-0.25, -0.2) is 9.97 Å². The minimum Gasteiger partial charge on any atom is -0.481 e. The van der Waals surface area contributed by atoms with Crippen LogP contribution in [0.25, 0.3) is 22.0 Å². The fourth-order valence-electron chi connectivity index (χ4n) is 4.18. The molecule has 0 radical (unpaired) electrons. The largest absolute Gasteiger partial charge is 0.481 e. The maximum atomic E-state index is 10.8. The average molecular weight is 475 g/mol. The van der Waals surface area contributed by atoms with Crippen LogP contribution < -0.4 is 10.6 Å². The third kappa shape index (κ3) is 4.46. The number of nitrogen functional groups attached to an aromatic ring is 1. The SMILES string of the molecule is CC1(COCCC(=O)O)CCCN1c1cc(-c2ccc(N)nc2)c2ccc(Cl)c(Cl)c2n1. The van der Waals surface area contributed by atoms with E-state index in [1.54, 1.807) is 18.3 Å². The highest BCUT2D eigenvalue weighted by Crippen LogP contribution is 2.40. The summed E-state index contributed by atoms with van der Waals surface area (Å²) in [4.78, 5) is 22.1. The van der Waals surface area contributed by atoms with Crippen LogP contribution in [0.1, 0.15) is 26.2 Å². The van der Waals surface area contributed by atoms with E-state index in [0.29, 0.717) is 28.0 Å². The monoisotopic (exact) mass is 474 g/mol. The number of carboxylic acids is 1. The number of ether oxygens (including phenoxy) is 1. The van der Waals surface area contributed by atoms with Crippen LogP contribution in [-0.4, -0.2) is 46.3 Å². The van der Waals surface area contributed by atoms with Crippen LogP contribution in [0.2, 0.25) is 10.0 Å². The highest BCUT2D eigenvalue weighted by atomic mass is 35.5. The lowest BCUT2D eigenvalue weighted by atomic mass is 9.98. The second-order valence-corrected chi connectivity index (χ2v) is 8.99. The Morgan fingerprint density at radius 3 is 2.84 bits per heavy atom. The maximum Gasteiger partial charge on any atom is 0.305 e. The number of halogens is 2. The predicted molar refractivity (Wildman–Crippen MR) is 127 cm³/mol. The number of benzene rings is 1. The Morgan fingerprint density at radius 2 is 2.12 bits per heavy atom. The van der Waals surface area contributed by atoms with Crippen molar-refractivity contribution in [3.05, 3.63) is 46.6 Å². The zero-order valence-corrected chi connectivity index (χ0v) is 19.2. The molecule has 1 aliphatic rings. The Kier molecular flexibility index (Phi) is 6.42. The summed E-state index contributed by atoms with van der Waals surface area (Å²) < 4.78 is 5.72. The molecule has 1 unspecified atom stereocenters. The van der Waals surface area contributed by atoms with Crippen LogP contribution >= 0.6 is 23.2 Å². The minimum atomic E-state index is -0.872. The van der Waals surface area contributed by atoms with Crippen LogP contribution in [0.3, 0.4) is 0 Å². The van der Waals surface area contributed by atoms with Gasteiger partial charge in [0.2, 0.25) is 0 Å². The molecule has 3 aromatic rings. The van der Waals surface area contributed by atoms with Gasteiger partial charge < -0.3 is 20.5 Å². The van der Waals surface area contributed by atoms with Gasteiger partial charge in [-0.15, -0.1) is 0 Å².